The number of hydrogen-bond acceptors (Lipinski definition) is 4. The second-order valence-electron chi connectivity index (χ2n) is 7.81. The minimum atomic E-state index is -0.479. The molecule has 3 aromatic rings. The number of carbonyl (C=O) groups is 2. The molecule has 0 bridgehead atoms. The van der Waals surface area contributed by atoms with Gasteiger partial charge in [0.05, 0.1) is 42.2 Å². The molecule has 0 spiro atoms. The number of ether oxygens (including phenoxy) is 1. The van der Waals surface area contributed by atoms with Gasteiger partial charge in [0, 0.05) is 24.4 Å². The molecule has 2 aliphatic rings. The number of fused-ring (bicyclic) bond motifs is 2. The fourth-order valence-corrected chi connectivity index (χ4v) is 4.51. The van der Waals surface area contributed by atoms with Crippen LogP contribution in [0.5, 0.6) is 0 Å². The lowest BCUT2D eigenvalue weighted by atomic mass is 9.93. The van der Waals surface area contributed by atoms with Crippen molar-refractivity contribution >= 4 is 22.7 Å². The van der Waals surface area contributed by atoms with E-state index in [4.69, 9.17) is 10.5 Å². The predicted molar refractivity (Wildman–Crippen MR) is 112 cm³/mol. The van der Waals surface area contributed by atoms with Crippen molar-refractivity contribution in [3.05, 3.63) is 53.7 Å². The van der Waals surface area contributed by atoms with E-state index < -0.39 is 5.91 Å². The number of nitrogens with zero attached hydrogens (tertiary/aromatic N) is 3. The van der Waals surface area contributed by atoms with Gasteiger partial charge in [-0.15, -0.1) is 0 Å². The summed E-state index contributed by atoms with van der Waals surface area (Å²) >= 11 is 0. The average molecular weight is 405 g/mol. The van der Waals surface area contributed by atoms with E-state index in [0.717, 1.165) is 41.0 Å². The van der Waals surface area contributed by atoms with Crippen LogP contribution in [0.3, 0.4) is 0 Å². The van der Waals surface area contributed by atoms with Crippen LogP contribution in [0.4, 0.5) is 0 Å². The van der Waals surface area contributed by atoms with Gasteiger partial charge in [-0.05, 0) is 36.3 Å². The van der Waals surface area contributed by atoms with Crippen molar-refractivity contribution in [2.24, 2.45) is 5.73 Å². The zero-order valence-electron chi connectivity index (χ0n) is 16.6. The number of carbonyl (C=O) groups excluding carboxylic acids is 2. The van der Waals surface area contributed by atoms with Gasteiger partial charge in [0.2, 0.25) is 5.91 Å². The molecule has 154 valence electrons. The van der Waals surface area contributed by atoms with Crippen LogP contribution in [0.2, 0.25) is 0 Å². The standard InChI is InChI=1S/C22H23N5O3/c1-2-20(28)26-6-5-13(11-26)15-3-4-16(22(23)29)21-17(15)10-18(24-21)19-9-14-12-30-8-7-27(14)25-19/h2-4,9-10,13,24H,1,5-8,11-12H2,(H2,23,29)/t13-/m1/s1. The van der Waals surface area contributed by atoms with Gasteiger partial charge in [0.1, 0.15) is 5.69 Å². The molecule has 8 nitrogen and oxygen atoms in total. The maximum Gasteiger partial charge on any atom is 0.250 e. The molecule has 0 saturated carbocycles. The molecule has 1 fully saturated rings. The smallest absolute Gasteiger partial charge is 0.250 e. The molecule has 1 aromatic carbocycles. The predicted octanol–water partition coefficient (Wildman–Crippen LogP) is 2.16. The quantitative estimate of drug-likeness (QED) is 0.649. The highest BCUT2D eigenvalue weighted by Gasteiger charge is 2.28. The number of likely N-dealkylation sites (tertiary alicyclic amines) is 1. The molecule has 2 amide bonds. The summed E-state index contributed by atoms with van der Waals surface area (Å²) in [5, 5.41) is 5.64. The second kappa shape index (κ2) is 7.14. The van der Waals surface area contributed by atoms with E-state index in [2.05, 4.69) is 16.7 Å². The van der Waals surface area contributed by atoms with Crippen LogP contribution in [0, 0.1) is 0 Å². The number of amides is 2. The summed E-state index contributed by atoms with van der Waals surface area (Å²) in [7, 11) is 0. The normalized spacial score (nSPS) is 18.5. The molecule has 2 aliphatic heterocycles. The van der Waals surface area contributed by atoms with E-state index in [9.17, 15) is 9.59 Å². The van der Waals surface area contributed by atoms with Crippen molar-refractivity contribution in [2.45, 2.75) is 25.5 Å². The Bertz CT molecular complexity index is 1150. The second-order valence-corrected chi connectivity index (χ2v) is 7.81. The zero-order chi connectivity index (χ0) is 20.8. The molecule has 0 aliphatic carbocycles. The van der Waals surface area contributed by atoms with E-state index in [1.165, 1.54) is 6.08 Å². The Hall–Kier alpha value is -3.39. The van der Waals surface area contributed by atoms with Crippen molar-refractivity contribution in [2.75, 3.05) is 19.7 Å². The molecular weight excluding hydrogens is 382 g/mol. The molecule has 30 heavy (non-hydrogen) atoms. The fraction of sp³-hybridized carbons (Fsp3) is 0.318. The Morgan fingerprint density at radius 3 is 2.93 bits per heavy atom. The molecule has 8 heteroatoms. The number of nitrogens with two attached hydrogens (primary N) is 1. The first-order valence-electron chi connectivity index (χ1n) is 10.1. The van der Waals surface area contributed by atoms with Crippen LogP contribution in [0.15, 0.2) is 36.9 Å². The molecule has 0 unspecified atom stereocenters. The number of primary amides is 1. The van der Waals surface area contributed by atoms with Crippen molar-refractivity contribution in [1.82, 2.24) is 19.7 Å². The third-order valence-corrected chi connectivity index (χ3v) is 6.04. The van der Waals surface area contributed by atoms with Gasteiger partial charge in [-0.1, -0.05) is 12.6 Å². The summed E-state index contributed by atoms with van der Waals surface area (Å²) < 4.78 is 7.46. The van der Waals surface area contributed by atoms with Gasteiger partial charge in [-0.2, -0.15) is 5.10 Å². The van der Waals surface area contributed by atoms with E-state index in [0.29, 0.717) is 37.4 Å². The molecule has 2 aromatic heterocycles. The summed E-state index contributed by atoms with van der Waals surface area (Å²) in [6, 6.07) is 7.76. The average Bonchev–Trinajstić information content (AvgIpc) is 3.49. The number of aromatic amines is 1. The number of aromatic nitrogens is 3. The van der Waals surface area contributed by atoms with Gasteiger partial charge in [0.25, 0.3) is 5.91 Å². The Balaban J connectivity index is 1.58. The number of rotatable bonds is 4. The summed E-state index contributed by atoms with van der Waals surface area (Å²) in [6.07, 6.45) is 2.22. The third-order valence-electron chi connectivity index (χ3n) is 6.04. The molecule has 1 atom stereocenters. The maximum atomic E-state index is 12.0. The van der Waals surface area contributed by atoms with Gasteiger partial charge in [-0.3, -0.25) is 14.3 Å². The van der Waals surface area contributed by atoms with Crippen LogP contribution in [-0.4, -0.2) is 51.2 Å². The topological polar surface area (TPSA) is 106 Å². The summed E-state index contributed by atoms with van der Waals surface area (Å²) in [4.78, 5) is 29.2. The Morgan fingerprint density at radius 1 is 1.30 bits per heavy atom. The number of nitrogens with one attached hydrogen (secondary N) is 1. The monoisotopic (exact) mass is 405 g/mol. The largest absolute Gasteiger partial charge is 0.373 e. The highest BCUT2D eigenvalue weighted by molar-refractivity contribution is 6.07. The van der Waals surface area contributed by atoms with E-state index in [1.54, 1.807) is 6.07 Å². The van der Waals surface area contributed by atoms with Crippen LogP contribution < -0.4 is 5.73 Å². The number of H-pyrrole nitrogens is 1. The first-order chi connectivity index (χ1) is 14.5. The molecule has 3 N–H and O–H groups in total. The molecule has 4 heterocycles. The number of hydrogen-bond donors (Lipinski definition) is 2. The van der Waals surface area contributed by atoms with Gasteiger partial charge in [0.15, 0.2) is 0 Å². The highest BCUT2D eigenvalue weighted by atomic mass is 16.5. The SMILES string of the molecule is C=CC(=O)N1CC[C@@H](c2ccc(C(N)=O)c3[nH]c(-c4cc5n(n4)CCOC5)cc23)C1. The maximum absolute atomic E-state index is 12.0. The lowest BCUT2D eigenvalue weighted by Crippen LogP contribution is -2.26. The number of benzene rings is 1. The molecular formula is C22H23N5O3. The van der Waals surface area contributed by atoms with Crippen LogP contribution in [-0.2, 0) is 22.7 Å². The van der Waals surface area contributed by atoms with E-state index >= 15 is 0 Å². The first kappa shape index (κ1) is 18.6. The van der Waals surface area contributed by atoms with Gasteiger partial charge in [-0.25, -0.2) is 0 Å². The van der Waals surface area contributed by atoms with Crippen molar-refractivity contribution in [3.8, 4) is 11.4 Å². The minimum absolute atomic E-state index is 0.0527. The van der Waals surface area contributed by atoms with Crippen molar-refractivity contribution in [3.63, 3.8) is 0 Å². The van der Waals surface area contributed by atoms with E-state index in [1.807, 2.05) is 27.8 Å². The Morgan fingerprint density at radius 2 is 2.17 bits per heavy atom. The first-order valence-corrected chi connectivity index (χ1v) is 10.1. The molecule has 0 radical (unpaired) electrons. The summed E-state index contributed by atoms with van der Waals surface area (Å²) in [6.45, 7) is 6.83. The summed E-state index contributed by atoms with van der Waals surface area (Å²) in [5.74, 6) is -0.346. The Labute approximate surface area is 173 Å². The summed E-state index contributed by atoms with van der Waals surface area (Å²) in [5.41, 5.74) is 10.6. The lowest BCUT2D eigenvalue weighted by molar-refractivity contribution is -0.125. The molecule has 1 saturated heterocycles. The van der Waals surface area contributed by atoms with Gasteiger partial charge < -0.3 is 20.4 Å². The van der Waals surface area contributed by atoms with Crippen LogP contribution in [0.1, 0.15) is 34.0 Å². The van der Waals surface area contributed by atoms with Crippen LogP contribution >= 0.6 is 0 Å². The van der Waals surface area contributed by atoms with Crippen molar-refractivity contribution < 1.29 is 14.3 Å². The zero-order valence-corrected chi connectivity index (χ0v) is 16.6. The fourth-order valence-electron chi connectivity index (χ4n) is 4.51. The minimum Gasteiger partial charge on any atom is -0.373 e. The Kier molecular flexibility index (Phi) is 4.43. The van der Waals surface area contributed by atoms with Crippen LogP contribution in [0.25, 0.3) is 22.3 Å². The van der Waals surface area contributed by atoms with Crippen molar-refractivity contribution in [1.29, 1.82) is 0 Å². The third kappa shape index (κ3) is 3.00. The van der Waals surface area contributed by atoms with Gasteiger partial charge >= 0.3 is 0 Å². The van der Waals surface area contributed by atoms with E-state index in [-0.39, 0.29) is 11.8 Å². The highest BCUT2D eigenvalue weighted by Crippen LogP contribution is 2.36. The lowest BCUT2D eigenvalue weighted by Gasteiger charge is -2.15. The molecule has 5 rings (SSSR count).